The molecule has 1 aliphatic rings. The van der Waals surface area contributed by atoms with Gasteiger partial charge in [-0.2, -0.15) is 0 Å². The SMILES string of the molecule is CNc1cnc(CN2CC(C)OC(C)C2)cn1. The first kappa shape index (κ1) is 12.3. The Morgan fingerprint density at radius 2 is 2.00 bits per heavy atom. The average Bonchev–Trinajstić information content (AvgIpc) is 2.28. The first-order chi connectivity index (χ1) is 8.17. The van der Waals surface area contributed by atoms with Crippen LogP contribution in [0.5, 0.6) is 0 Å². The van der Waals surface area contributed by atoms with Crippen molar-refractivity contribution in [3.05, 3.63) is 18.1 Å². The van der Waals surface area contributed by atoms with Crippen LogP contribution in [0.2, 0.25) is 0 Å². The van der Waals surface area contributed by atoms with Gasteiger partial charge in [0.15, 0.2) is 0 Å². The molecule has 17 heavy (non-hydrogen) atoms. The van der Waals surface area contributed by atoms with Crippen LogP contribution in [0.25, 0.3) is 0 Å². The smallest absolute Gasteiger partial charge is 0.144 e. The predicted octanol–water partition coefficient (Wildman–Crippen LogP) is 1.13. The van der Waals surface area contributed by atoms with E-state index in [1.54, 1.807) is 6.20 Å². The van der Waals surface area contributed by atoms with Gasteiger partial charge < -0.3 is 10.1 Å². The summed E-state index contributed by atoms with van der Waals surface area (Å²) in [5.41, 5.74) is 1.00. The number of nitrogens with zero attached hydrogens (tertiary/aromatic N) is 3. The highest BCUT2D eigenvalue weighted by molar-refractivity contribution is 5.29. The van der Waals surface area contributed by atoms with Gasteiger partial charge in [-0.1, -0.05) is 0 Å². The second-order valence-corrected chi connectivity index (χ2v) is 4.59. The number of aromatic nitrogens is 2. The van der Waals surface area contributed by atoms with Gasteiger partial charge in [-0.05, 0) is 13.8 Å². The van der Waals surface area contributed by atoms with Crippen molar-refractivity contribution in [1.82, 2.24) is 14.9 Å². The molecule has 2 unspecified atom stereocenters. The van der Waals surface area contributed by atoms with Gasteiger partial charge in [0, 0.05) is 26.7 Å². The highest BCUT2D eigenvalue weighted by Gasteiger charge is 2.22. The molecule has 5 heteroatoms. The maximum absolute atomic E-state index is 5.70. The van der Waals surface area contributed by atoms with E-state index in [1.807, 2.05) is 13.2 Å². The number of anilines is 1. The van der Waals surface area contributed by atoms with Crippen LogP contribution in [0.3, 0.4) is 0 Å². The molecule has 0 amide bonds. The summed E-state index contributed by atoms with van der Waals surface area (Å²) in [5.74, 6) is 0.803. The Labute approximate surface area is 102 Å². The summed E-state index contributed by atoms with van der Waals surface area (Å²) in [4.78, 5) is 11.0. The number of morpholine rings is 1. The second-order valence-electron chi connectivity index (χ2n) is 4.59. The Bertz CT molecular complexity index is 344. The molecule has 2 rings (SSSR count). The lowest BCUT2D eigenvalue weighted by atomic mass is 10.2. The van der Waals surface area contributed by atoms with Crippen molar-refractivity contribution in [3.63, 3.8) is 0 Å². The van der Waals surface area contributed by atoms with Gasteiger partial charge in [0.05, 0.1) is 30.3 Å². The van der Waals surface area contributed by atoms with Crippen LogP contribution in [-0.2, 0) is 11.3 Å². The van der Waals surface area contributed by atoms with Crippen molar-refractivity contribution < 1.29 is 4.74 Å². The Morgan fingerprint density at radius 1 is 1.29 bits per heavy atom. The van der Waals surface area contributed by atoms with E-state index in [0.29, 0.717) is 12.2 Å². The Hall–Kier alpha value is -1.20. The zero-order valence-corrected chi connectivity index (χ0v) is 10.7. The standard InChI is InChI=1S/C12H20N4O/c1-9-6-16(7-10(2)17-9)8-11-4-15-12(13-3)5-14-11/h4-5,9-10H,6-8H2,1-3H3,(H,13,15). The third kappa shape index (κ3) is 3.38. The van der Waals surface area contributed by atoms with Crippen LogP contribution < -0.4 is 5.32 Å². The normalized spacial score (nSPS) is 25.8. The number of ether oxygens (including phenoxy) is 1. The summed E-state index contributed by atoms with van der Waals surface area (Å²) in [7, 11) is 1.84. The Balaban J connectivity index is 1.95. The molecule has 2 atom stereocenters. The molecule has 1 saturated heterocycles. The van der Waals surface area contributed by atoms with Crippen molar-refractivity contribution in [3.8, 4) is 0 Å². The van der Waals surface area contributed by atoms with Gasteiger partial charge in [-0.25, -0.2) is 4.98 Å². The Morgan fingerprint density at radius 3 is 2.53 bits per heavy atom. The van der Waals surface area contributed by atoms with Gasteiger partial charge in [-0.3, -0.25) is 9.88 Å². The first-order valence-electron chi connectivity index (χ1n) is 6.04. The van der Waals surface area contributed by atoms with Crippen LogP contribution in [0.4, 0.5) is 5.82 Å². The van der Waals surface area contributed by atoms with Crippen molar-refractivity contribution in [1.29, 1.82) is 0 Å². The van der Waals surface area contributed by atoms with Crippen molar-refractivity contribution in [2.24, 2.45) is 0 Å². The van der Waals surface area contributed by atoms with Gasteiger partial charge in [0.2, 0.25) is 0 Å². The van der Waals surface area contributed by atoms with Crippen molar-refractivity contribution in [2.45, 2.75) is 32.6 Å². The maximum Gasteiger partial charge on any atom is 0.144 e. The lowest BCUT2D eigenvalue weighted by Gasteiger charge is -2.34. The molecule has 1 aromatic heterocycles. The number of hydrogen-bond donors (Lipinski definition) is 1. The van der Waals surface area contributed by atoms with Gasteiger partial charge >= 0.3 is 0 Å². The molecule has 5 nitrogen and oxygen atoms in total. The number of hydrogen-bond acceptors (Lipinski definition) is 5. The average molecular weight is 236 g/mol. The highest BCUT2D eigenvalue weighted by Crippen LogP contribution is 2.13. The molecule has 2 heterocycles. The third-order valence-electron chi connectivity index (χ3n) is 2.84. The maximum atomic E-state index is 5.70. The van der Waals surface area contributed by atoms with E-state index >= 15 is 0 Å². The van der Waals surface area contributed by atoms with E-state index in [9.17, 15) is 0 Å². The Kier molecular flexibility index (Phi) is 3.91. The molecule has 0 aliphatic carbocycles. The fourth-order valence-electron chi connectivity index (χ4n) is 2.21. The van der Waals surface area contributed by atoms with Crippen LogP contribution >= 0.6 is 0 Å². The van der Waals surface area contributed by atoms with Gasteiger partial charge in [-0.15, -0.1) is 0 Å². The zero-order chi connectivity index (χ0) is 12.3. The lowest BCUT2D eigenvalue weighted by molar-refractivity contribution is -0.0707. The number of rotatable bonds is 3. The molecule has 0 aromatic carbocycles. The van der Waals surface area contributed by atoms with Crippen LogP contribution in [0.15, 0.2) is 12.4 Å². The summed E-state index contributed by atoms with van der Waals surface area (Å²) in [6.45, 7) is 6.98. The van der Waals surface area contributed by atoms with Crippen LogP contribution in [0.1, 0.15) is 19.5 Å². The van der Waals surface area contributed by atoms with Gasteiger partial charge in [0.1, 0.15) is 5.82 Å². The molecule has 0 saturated carbocycles. The van der Waals surface area contributed by atoms with E-state index in [-0.39, 0.29) is 0 Å². The zero-order valence-electron chi connectivity index (χ0n) is 10.7. The second kappa shape index (κ2) is 5.42. The molecule has 1 aromatic rings. The van der Waals surface area contributed by atoms with Crippen molar-refractivity contribution >= 4 is 5.82 Å². The van der Waals surface area contributed by atoms with E-state index in [4.69, 9.17) is 4.74 Å². The fourth-order valence-corrected chi connectivity index (χ4v) is 2.21. The van der Waals surface area contributed by atoms with E-state index in [1.165, 1.54) is 0 Å². The lowest BCUT2D eigenvalue weighted by Crippen LogP contribution is -2.44. The number of nitrogens with one attached hydrogen (secondary N) is 1. The van der Waals surface area contributed by atoms with Crippen LogP contribution in [0, 0.1) is 0 Å². The summed E-state index contributed by atoms with van der Waals surface area (Å²) in [5, 5.41) is 2.96. The fraction of sp³-hybridized carbons (Fsp3) is 0.667. The molecule has 1 fully saturated rings. The molecule has 0 radical (unpaired) electrons. The first-order valence-corrected chi connectivity index (χ1v) is 6.04. The topological polar surface area (TPSA) is 50.3 Å². The minimum absolute atomic E-state index is 0.295. The van der Waals surface area contributed by atoms with E-state index in [2.05, 4.69) is 34.0 Å². The van der Waals surface area contributed by atoms with Crippen LogP contribution in [-0.4, -0.2) is 47.2 Å². The molecule has 94 valence electrons. The quantitative estimate of drug-likeness (QED) is 0.852. The monoisotopic (exact) mass is 236 g/mol. The summed E-state index contributed by atoms with van der Waals surface area (Å²) >= 11 is 0. The molecule has 1 N–H and O–H groups in total. The molecule has 1 aliphatic heterocycles. The molecular weight excluding hydrogens is 216 g/mol. The van der Waals surface area contributed by atoms with Crippen molar-refractivity contribution in [2.75, 3.05) is 25.5 Å². The minimum atomic E-state index is 0.295. The van der Waals surface area contributed by atoms with Gasteiger partial charge in [0.25, 0.3) is 0 Å². The summed E-state index contributed by atoms with van der Waals surface area (Å²) in [6, 6.07) is 0. The summed E-state index contributed by atoms with van der Waals surface area (Å²) in [6.07, 6.45) is 4.19. The van der Waals surface area contributed by atoms with E-state index in [0.717, 1.165) is 31.1 Å². The van der Waals surface area contributed by atoms with E-state index < -0.39 is 0 Å². The largest absolute Gasteiger partial charge is 0.373 e. The highest BCUT2D eigenvalue weighted by atomic mass is 16.5. The minimum Gasteiger partial charge on any atom is -0.373 e. The molecule has 0 spiro atoms. The third-order valence-corrected chi connectivity index (χ3v) is 2.84. The molecular formula is C12H20N4O. The predicted molar refractivity (Wildman–Crippen MR) is 66.9 cm³/mol. The molecule has 0 bridgehead atoms. The summed E-state index contributed by atoms with van der Waals surface area (Å²) < 4.78 is 5.70.